The number of unbranched alkanes of at least 4 members (excludes halogenated alkanes) is 2. The highest BCUT2D eigenvalue weighted by Gasteiger charge is 2.04. The molecule has 0 aromatic heterocycles. The maximum Gasteiger partial charge on any atom is 0.395 e. The summed E-state index contributed by atoms with van der Waals surface area (Å²) in [6.07, 6.45) is 9.93. The maximum atomic E-state index is 9.22. The standard InChI is InChI=1S/C17H27BNO2/c1-3-4-5-7-15-10-12-16(13-11-15)8-6-9-17(14-20)19-18-21-2/h6,8,10-13,17,19-20H,3-5,7,9,14H2,1-2H3/b8-6+/t17-/m0/s1. The first-order chi connectivity index (χ1) is 10.3. The van der Waals surface area contributed by atoms with Crippen LogP contribution in [0.4, 0.5) is 0 Å². The van der Waals surface area contributed by atoms with Gasteiger partial charge in [0.15, 0.2) is 0 Å². The van der Waals surface area contributed by atoms with Crippen molar-refractivity contribution >= 4 is 13.7 Å². The molecule has 0 fully saturated rings. The second-order valence-electron chi connectivity index (χ2n) is 5.24. The Morgan fingerprint density at radius 3 is 2.67 bits per heavy atom. The van der Waals surface area contributed by atoms with Crippen LogP contribution in [0.5, 0.6) is 0 Å². The van der Waals surface area contributed by atoms with Gasteiger partial charge in [0.05, 0.1) is 6.61 Å². The summed E-state index contributed by atoms with van der Waals surface area (Å²) in [6.45, 7) is 2.31. The highest BCUT2D eigenvalue weighted by atomic mass is 16.4. The molecule has 1 radical (unpaired) electrons. The minimum absolute atomic E-state index is 0.00508. The van der Waals surface area contributed by atoms with Gasteiger partial charge in [0.1, 0.15) is 0 Å². The van der Waals surface area contributed by atoms with Crippen LogP contribution in [0.15, 0.2) is 30.3 Å². The van der Waals surface area contributed by atoms with Crippen molar-refractivity contribution in [2.75, 3.05) is 13.7 Å². The van der Waals surface area contributed by atoms with Crippen molar-refractivity contribution in [2.45, 2.75) is 45.1 Å². The van der Waals surface area contributed by atoms with Crippen molar-refractivity contribution in [3.05, 3.63) is 41.5 Å². The average molecular weight is 288 g/mol. The Hall–Kier alpha value is -1.10. The zero-order valence-electron chi connectivity index (χ0n) is 13.2. The fourth-order valence-corrected chi connectivity index (χ4v) is 2.10. The minimum atomic E-state index is -0.00508. The molecule has 0 heterocycles. The van der Waals surface area contributed by atoms with E-state index in [4.69, 9.17) is 4.65 Å². The first kappa shape index (κ1) is 18.0. The topological polar surface area (TPSA) is 41.5 Å². The van der Waals surface area contributed by atoms with Gasteiger partial charge in [-0.05, 0) is 30.4 Å². The molecule has 0 saturated carbocycles. The molecule has 1 aromatic rings. The number of nitrogens with one attached hydrogen (secondary N) is 1. The SMILES string of the molecule is CCCCCc1ccc(/C=C/C[C@@H](CO)N[B]OC)cc1. The maximum absolute atomic E-state index is 9.22. The lowest BCUT2D eigenvalue weighted by Gasteiger charge is -2.11. The van der Waals surface area contributed by atoms with Gasteiger partial charge in [0.25, 0.3) is 0 Å². The van der Waals surface area contributed by atoms with Gasteiger partial charge in [-0.15, -0.1) is 0 Å². The van der Waals surface area contributed by atoms with Crippen LogP contribution in [0.1, 0.15) is 43.7 Å². The fraction of sp³-hybridized carbons (Fsp3) is 0.529. The number of aliphatic hydroxyl groups excluding tert-OH is 1. The molecule has 4 heteroatoms. The summed E-state index contributed by atoms with van der Waals surface area (Å²) in [4.78, 5) is 0. The molecule has 21 heavy (non-hydrogen) atoms. The largest absolute Gasteiger partial charge is 0.427 e. The summed E-state index contributed by atoms with van der Waals surface area (Å²) in [5, 5.41) is 12.2. The van der Waals surface area contributed by atoms with Crippen LogP contribution in [0.25, 0.3) is 6.08 Å². The molecule has 2 N–H and O–H groups in total. The summed E-state index contributed by atoms with van der Waals surface area (Å²) in [6, 6.07) is 8.71. The van der Waals surface area contributed by atoms with Crippen molar-refractivity contribution in [3.63, 3.8) is 0 Å². The lowest BCUT2D eigenvalue weighted by Crippen LogP contribution is -2.35. The van der Waals surface area contributed by atoms with Crippen molar-refractivity contribution in [1.29, 1.82) is 0 Å². The van der Waals surface area contributed by atoms with Crippen LogP contribution >= 0.6 is 0 Å². The van der Waals surface area contributed by atoms with Gasteiger partial charge in [-0.2, -0.15) is 0 Å². The Morgan fingerprint density at radius 2 is 2.05 bits per heavy atom. The summed E-state index contributed by atoms with van der Waals surface area (Å²) in [5.41, 5.74) is 2.60. The number of hydrogen-bond acceptors (Lipinski definition) is 3. The number of rotatable bonds is 11. The van der Waals surface area contributed by atoms with Crippen LogP contribution in [-0.4, -0.2) is 32.5 Å². The fourth-order valence-electron chi connectivity index (χ4n) is 2.10. The zero-order valence-corrected chi connectivity index (χ0v) is 13.2. The van der Waals surface area contributed by atoms with Crippen molar-refractivity contribution in [3.8, 4) is 0 Å². The van der Waals surface area contributed by atoms with Crippen LogP contribution in [0.2, 0.25) is 0 Å². The van der Waals surface area contributed by atoms with E-state index in [9.17, 15) is 5.11 Å². The van der Waals surface area contributed by atoms with Crippen molar-refractivity contribution in [2.24, 2.45) is 0 Å². The zero-order chi connectivity index (χ0) is 15.3. The lowest BCUT2D eigenvalue weighted by molar-refractivity contribution is 0.253. The smallest absolute Gasteiger partial charge is 0.395 e. The molecule has 0 spiro atoms. The third kappa shape index (κ3) is 8.05. The summed E-state index contributed by atoms with van der Waals surface area (Å²) < 4.78 is 4.82. The van der Waals surface area contributed by atoms with E-state index >= 15 is 0 Å². The van der Waals surface area contributed by atoms with Crippen LogP contribution in [-0.2, 0) is 11.1 Å². The molecule has 1 aromatic carbocycles. The second-order valence-corrected chi connectivity index (χ2v) is 5.24. The summed E-state index contributed by atoms with van der Waals surface area (Å²) in [5.74, 6) is 0. The van der Waals surface area contributed by atoms with Gasteiger partial charge >= 0.3 is 7.62 Å². The van der Waals surface area contributed by atoms with Gasteiger partial charge < -0.3 is 15.0 Å². The molecule has 0 aliphatic rings. The molecule has 1 rings (SSSR count). The Kier molecular flexibility index (Phi) is 9.88. The molecule has 0 bridgehead atoms. The Balaban J connectivity index is 2.38. The number of aliphatic hydroxyl groups is 1. The van der Waals surface area contributed by atoms with Crippen molar-refractivity contribution in [1.82, 2.24) is 5.23 Å². The quantitative estimate of drug-likeness (QED) is 0.486. The van der Waals surface area contributed by atoms with E-state index < -0.39 is 0 Å². The Bertz CT molecular complexity index is 392. The molecule has 3 nitrogen and oxygen atoms in total. The van der Waals surface area contributed by atoms with Crippen LogP contribution in [0.3, 0.4) is 0 Å². The van der Waals surface area contributed by atoms with E-state index in [2.05, 4.69) is 48.6 Å². The molecular formula is C17H27BNO2. The predicted octanol–water partition coefficient (Wildman–Crippen LogP) is 2.95. The number of benzene rings is 1. The van der Waals surface area contributed by atoms with Gasteiger partial charge in [-0.1, -0.05) is 56.2 Å². The predicted molar refractivity (Wildman–Crippen MR) is 90.1 cm³/mol. The molecule has 0 unspecified atom stereocenters. The van der Waals surface area contributed by atoms with E-state index in [0.29, 0.717) is 0 Å². The Morgan fingerprint density at radius 1 is 1.29 bits per heavy atom. The second kappa shape index (κ2) is 11.6. The van der Waals surface area contributed by atoms with E-state index in [1.165, 1.54) is 44.4 Å². The number of aryl methyl sites for hydroxylation is 1. The third-order valence-electron chi connectivity index (χ3n) is 3.42. The van der Waals surface area contributed by atoms with Crippen LogP contribution in [0, 0.1) is 0 Å². The lowest BCUT2D eigenvalue weighted by atomic mass is 10.0. The molecule has 0 saturated heterocycles. The van der Waals surface area contributed by atoms with Gasteiger partial charge in [0, 0.05) is 13.2 Å². The molecule has 0 aliphatic heterocycles. The normalized spacial score (nSPS) is 12.7. The van der Waals surface area contributed by atoms with E-state index in [0.717, 1.165) is 6.42 Å². The highest BCUT2D eigenvalue weighted by Crippen LogP contribution is 2.10. The Labute approximate surface area is 129 Å². The van der Waals surface area contributed by atoms with E-state index in [1.54, 1.807) is 7.11 Å². The summed E-state index contributed by atoms with van der Waals surface area (Å²) in [7, 11) is 3.08. The molecular weight excluding hydrogens is 261 g/mol. The third-order valence-corrected chi connectivity index (χ3v) is 3.42. The van der Waals surface area contributed by atoms with E-state index in [-0.39, 0.29) is 12.6 Å². The van der Waals surface area contributed by atoms with Gasteiger partial charge in [-0.3, -0.25) is 0 Å². The van der Waals surface area contributed by atoms with Crippen LogP contribution < -0.4 is 5.23 Å². The van der Waals surface area contributed by atoms with Gasteiger partial charge in [0.2, 0.25) is 0 Å². The molecule has 1 atom stereocenters. The first-order valence-corrected chi connectivity index (χ1v) is 7.77. The number of hydrogen-bond donors (Lipinski definition) is 2. The molecule has 115 valence electrons. The van der Waals surface area contributed by atoms with E-state index in [1.807, 2.05) is 0 Å². The minimum Gasteiger partial charge on any atom is -0.427 e. The first-order valence-electron chi connectivity index (χ1n) is 7.77. The highest BCUT2D eigenvalue weighted by molar-refractivity contribution is 6.23. The van der Waals surface area contributed by atoms with Crippen molar-refractivity contribution < 1.29 is 9.76 Å². The van der Waals surface area contributed by atoms with Gasteiger partial charge in [-0.25, -0.2) is 0 Å². The summed E-state index contributed by atoms with van der Waals surface area (Å²) >= 11 is 0. The molecule has 0 amide bonds. The average Bonchev–Trinajstić information content (AvgIpc) is 2.52. The monoisotopic (exact) mass is 288 g/mol. The molecule has 0 aliphatic carbocycles.